The molecule has 0 spiro atoms. The van der Waals surface area contributed by atoms with E-state index < -0.39 is 0 Å². The van der Waals surface area contributed by atoms with Gasteiger partial charge in [0.25, 0.3) is 0 Å². The molecule has 2 atom stereocenters. The SMILES string of the molecule is C[C@@H]1CCCN(C(=O)CCC2CCNCC2)[C@H]1CN. The van der Waals surface area contributed by atoms with Crippen molar-refractivity contribution in [2.24, 2.45) is 17.6 Å². The van der Waals surface area contributed by atoms with Crippen molar-refractivity contribution in [3.05, 3.63) is 0 Å². The predicted molar refractivity (Wildman–Crippen MR) is 77.8 cm³/mol. The highest BCUT2D eigenvalue weighted by Gasteiger charge is 2.30. The number of amides is 1. The Hall–Kier alpha value is -0.610. The number of hydrogen-bond acceptors (Lipinski definition) is 3. The Bertz CT molecular complexity index is 289. The Morgan fingerprint density at radius 3 is 2.74 bits per heavy atom. The third-order valence-electron chi connectivity index (χ3n) is 4.90. The minimum Gasteiger partial charge on any atom is -0.338 e. The second-order valence-corrected chi connectivity index (χ2v) is 6.24. The minimum atomic E-state index is 0.272. The molecule has 2 aliphatic rings. The zero-order chi connectivity index (χ0) is 13.7. The van der Waals surface area contributed by atoms with Crippen LogP contribution in [0.4, 0.5) is 0 Å². The van der Waals surface area contributed by atoms with Crippen LogP contribution in [0.5, 0.6) is 0 Å². The Morgan fingerprint density at radius 1 is 1.32 bits per heavy atom. The van der Waals surface area contributed by atoms with E-state index in [9.17, 15) is 4.79 Å². The van der Waals surface area contributed by atoms with Gasteiger partial charge in [-0.15, -0.1) is 0 Å². The van der Waals surface area contributed by atoms with Crippen molar-refractivity contribution in [2.75, 3.05) is 26.2 Å². The van der Waals surface area contributed by atoms with Crippen molar-refractivity contribution >= 4 is 5.91 Å². The molecule has 110 valence electrons. The van der Waals surface area contributed by atoms with E-state index in [1.54, 1.807) is 0 Å². The number of nitrogens with one attached hydrogen (secondary N) is 1. The summed E-state index contributed by atoms with van der Waals surface area (Å²) in [6, 6.07) is 0.272. The second-order valence-electron chi connectivity index (χ2n) is 6.24. The number of nitrogens with zero attached hydrogens (tertiary/aromatic N) is 1. The Kier molecular flexibility index (Phi) is 5.64. The highest BCUT2D eigenvalue weighted by atomic mass is 16.2. The van der Waals surface area contributed by atoms with E-state index in [0.29, 0.717) is 24.8 Å². The molecule has 2 fully saturated rings. The number of likely N-dealkylation sites (tertiary alicyclic amines) is 1. The summed E-state index contributed by atoms with van der Waals surface area (Å²) in [5, 5.41) is 3.38. The topological polar surface area (TPSA) is 58.4 Å². The molecule has 0 aliphatic carbocycles. The molecular weight excluding hydrogens is 238 g/mol. The number of carbonyl (C=O) groups excluding carboxylic acids is 1. The fourth-order valence-electron chi connectivity index (χ4n) is 3.56. The van der Waals surface area contributed by atoms with Crippen LogP contribution in [0, 0.1) is 11.8 Å². The molecule has 4 heteroatoms. The van der Waals surface area contributed by atoms with Gasteiger partial charge >= 0.3 is 0 Å². The third kappa shape index (κ3) is 3.93. The average Bonchev–Trinajstić information content (AvgIpc) is 2.45. The predicted octanol–water partition coefficient (Wildman–Crippen LogP) is 1.35. The number of piperidine rings is 2. The van der Waals surface area contributed by atoms with Crippen molar-refractivity contribution in [1.29, 1.82) is 0 Å². The quantitative estimate of drug-likeness (QED) is 0.808. The summed E-state index contributed by atoms with van der Waals surface area (Å²) >= 11 is 0. The zero-order valence-corrected chi connectivity index (χ0v) is 12.2. The fraction of sp³-hybridized carbons (Fsp3) is 0.933. The van der Waals surface area contributed by atoms with Gasteiger partial charge in [-0.1, -0.05) is 6.92 Å². The maximum absolute atomic E-state index is 12.4. The maximum Gasteiger partial charge on any atom is 0.222 e. The van der Waals surface area contributed by atoms with Gasteiger partial charge in [0.1, 0.15) is 0 Å². The van der Waals surface area contributed by atoms with Crippen LogP contribution in [0.2, 0.25) is 0 Å². The van der Waals surface area contributed by atoms with Gasteiger partial charge in [0, 0.05) is 25.6 Å². The molecule has 0 aromatic heterocycles. The molecule has 2 aliphatic heterocycles. The number of nitrogens with two attached hydrogens (primary N) is 1. The lowest BCUT2D eigenvalue weighted by Gasteiger charge is -2.39. The largest absolute Gasteiger partial charge is 0.338 e. The lowest BCUT2D eigenvalue weighted by molar-refractivity contribution is -0.136. The van der Waals surface area contributed by atoms with E-state index in [1.807, 2.05) is 0 Å². The minimum absolute atomic E-state index is 0.272. The molecule has 1 amide bonds. The van der Waals surface area contributed by atoms with Crippen molar-refractivity contribution in [3.63, 3.8) is 0 Å². The van der Waals surface area contributed by atoms with Gasteiger partial charge in [-0.05, 0) is 57.0 Å². The number of carbonyl (C=O) groups is 1. The molecule has 2 rings (SSSR count). The van der Waals surface area contributed by atoms with E-state index in [2.05, 4.69) is 17.1 Å². The maximum atomic E-state index is 12.4. The monoisotopic (exact) mass is 267 g/mol. The van der Waals surface area contributed by atoms with Crippen LogP contribution < -0.4 is 11.1 Å². The first-order valence-corrected chi connectivity index (χ1v) is 7.92. The molecular formula is C15H29N3O. The molecule has 0 aromatic carbocycles. The second kappa shape index (κ2) is 7.25. The first kappa shape index (κ1) is 14.8. The molecule has 0 unspecified atom stereocenters. The van der Waals surface area contributed by atoms with E-state index in [1.165, 1.54) is 19.3 Å². The average molecular weight is 267 g/mol. The standard InChI is InChI=1S/C15H29N3O/c1-12-3-2-10-18(14(12)11-16)15(19)5-4-13-6-8-17-9-7-13/h12-14,17H,2-11,16H2,1H3/t12-,14+/m1/s1. The lowest BCUT2D eigenvalue weighted by atomic mass is 9.89. The molecule has 2 heterocycles. The first-order valence-electron chi connectivity index (χ1n) is 7.92. The lowest BCUT2D eigenvalue weighted by Crippen LogP contribution is -2.51. The molecule has 2 saturated heterocycles. The normalized spacial score (nSPS) is 29.5. The van der Waals surface area contributed by atoms with Gasteiger partial charge in [0.05, 0.1) is 0 Å². The molecule has 0 saturated carbocycles. The van der Waals surface area contributed by atoms with Gasteiger partial charge in [-0.25, -0.2) is 0 Å². The summed E-state index contributed by atoms with van der Waals surface area (Å²) in [6.07, 6.45) is 6.57. The summed E-state index contributed by atoms with van der Waals surface area (Å²) in [7, 11) is 0. The summed E-state index contributed by atoms with van der Waals surface area (Å²) in [5.41, 5.74) is 5.86. The van der Waals surface area contributed by atoms with Crippen molar-refractivity contribution in [2.45, 2.75) is 51.5 Å². The Labute approximate surface area is 117 Å². The van der Waals surface area contributed by atoms with Crippen LogP contribution in [0.3, 0.4) is 0 Å². The van der Waals surface area contributed by atoms with Crippen molar-refractivity contribution in [3.8, 4) is 0 Å². The van der Waals surface area contributed by atoms with Crippen LogP contribution in [0.25, 0.3) is 0 Å². The highest BCUT2D eigenvalue weighted by Crippen LogP contribution is 2.25. The zero-order valence-electron chi connectivity index (χ0n) is 12.2. The van der Waals surface area contributed by atoms with Crippen molar-refractivity contribution < 1.29 is 4.79 Å². The first-order chi connectivity index (χ1) is 9.22. The Balaban J connectivity index is 1.80. The van der Waals surface area contributed by atoms with Gasteiger partial charge in [0.15, 0.2) is 0 Å². The number of hydrogen-bond donors (Lipinski definition) is 2. The van der Waals surface area contributed by atoms with E-state index in [0.717, 1.165) is 38.4 Å². The van der Waals surface area contributed by atoms with Crippen LogP contribution in [-0.4, -0.2) is 43.0 Å². The molecule has 0 bridgehead atoms. The molecule has 3 N–H and O–H groups in total. The molecule has 0 radical (unpaired) electrons. The van der Waals surface area contributed by atoms with Crippen LogP contribution in [0.15, 0.2) is 0 Å². The summed E-state index contributed by atoms with van der Waals surface area (Å²) in [4.78, 5) is 14.5. The van der Waals surface area contributed by atoms with Gasteiger partial charge < -0.3 is 16.0 Å². The number of rotatable bonds is 4. The van der Waals surface area contributed by atoms with Gasteiger partial charge in [-0.3, -0.25) is 4.79 Å². The van der Waals surface area contributed by atoms with Gasteiger partial charge in [-0.2, -0.15) is 0 Å². The van der Waals surface area contributed by atoms with E-state index in [4.69, 9.17) is 5.73 Å². The summed E-state index contributed by atoms with van der Waals surface area (Å²) < 4.78 is 0. The van der Waals surface area contributed by atoms with Crippen LogP contribution in [-0.2, 0) is 4.79 Å². The summed E-state index contributed by atoms with van der Waals surface area (Å²) in [5.74, 6) is 1.63. The van der Waals surface area contributed by atoms with Gasteiger partial charge in [0.2, 0.25) is 5.91 Å². The van der Waals surface area contributed by atoms with E-state index >= 15 is 0 Å². The fourth-order valence-corrected chi connectivity index (χ4v) is 3.56. The molecule has 19 heavy (non-hydrogen) atoms. The van der Waals surface area contributed by atoms with E-state index in [-0.39, 0.29) is 6.04 Å². The van der Waals surface area contributed by atoms with Crippen molar-refractivity contribution in [1.82, 2.24) is 10.2 Å². The highest BCUT2D eigenvalue weighted by molar-refractivity contribution is 5.76. The third-order valence-corrected chi connectivity index (χ3v) is 4.90. The summed E-state index contributed by atoms with van der Waals surface area (Å²) in [6.45, 7) is 5.98. The smallest absolute Gasteiger partial charge is 0.222 e. The molecule has 4 nitrogen and oxygen atoms in total. The Morgan fingerprint density at radius 2 is 2.05 bits per heavy atom. The van der Waals surface area contributed by atoms with Crippen LogP contribution in [0.1, 0.15) is 45.4 Å². The molecule has 0 aromatic rings. The van der Waals surface area contributed by atoms with Crippen LogP contribution >= 0.6 is 0 Å².